The summed E-state index contributed by atoms with van der Waals surface area (Å²) in [7, 11) is -4.36. The maximum absolute atomic E-state index is 10.7. The highest BCUT2D eigenvalue weighted by Crippen LogP contribution is 2.11. The second-order valence-corrected chi connectivity index (χ2v) is 3.80. The molecule has 0 atom stereocenters. The zero-order chi connectivity index (χ0) is 10.8. The number of benzene rings is 1. The summed E-state index contributed by atoms with van der Waals surface area (Å²) in [6.45, 7) is 0. The van der Waals surface area contributed by atoms with E-state index in [0.29, 0.717) is 0 Å². The molecule has 6 nitrogen and oxygen atoms in total. The van der Waals surface area contributed by atoms with E-state index in [1.54, 1.807) is 0 Å². The fourth-order valence-corrected chi connectivity index (χ4v) is 1.36. The van der Waals surface area contributed by atoms with Crippen LogP contribution in [0, 0.1) is 0 Å². The topological polar surface area (TPSA) is 101 Å². The molecule has 0 saturated carbocycles. The largest absolute Gasteiger partial charge is 0.372 e. The minimum absolute atomic E-state index is 0. The average Bonchev–Trinajstić information content (AvgIpc) is 2.15. The summed E-state index contributed by atoms with van der Waals surface area (Å²) in [6, 6.07) is 4.44. The van der Waals surface area contributed by atoms with E-state index in [1.807, 2.05) is 0 Å². The molecule has 0 bridgehead atoms. The van der Waals surface area contributed by atoms with Crippen LogP contribution in [0.3, 0.4) is 0 Å². The predicted octanol–water partition coefficient (Wildman–Crippen LogP) is 0.182. The highest BCUT2D eigenvalue weighted by molar-refractivity contribution is 7.85. The van der Waals surface area contributed by atoms with Crippen LogP contribution in [-0.2, 0) is 15.0 Å². The van der Waals surface area contributed by atoms with Crippen LogP contribution in [0.15, 0.2) is 29.2 Å². The average molecular weight is 242 g/mol. The SMILES string of the molecule is O=C(OO)c1cccc(S(=O)(=O)O)c1.[Mg]. The number of rotatable bonds is 2. The Balaban J connectivity index is 0.00000196. The Morgan fingerprint density at radius 2 is 1.93 bits per heavy atom. The van der Waals surface area contributed by atoms with Crippen molar-refractivity contribution in [2.75, 3.05) is 0 Å². The quantitative estimate of drug-likeness (QED) is 0.332. The minimum Gasteiger partial charge on any atom is -0.296 e. The lowest BCUT2D eigenvalue weighted by Gasteiger charge is -1.99. The molecule has 0 saturated heterocycles. The Hall–Kier alpha value is -0.674. The van der Waals surface area contributed by atoms with Crippen LogP contribution in [0.25, 0.3) is 0 Å². The van der Waals surface area contributed by atoms with Gasteiger partial charge in [0.25, 0.3) is 10.1 Å². The van der Waals surface area contributed by atoms with Gasteiger partial charge in [-0.1, -0.05) is 6.07 Å². The van der Waals surface area contributed by atoms with E-state index in [9.17, 15) is 13.2 Å². The molecule has 0 fully saturated rings. The Morgan fingerprint density at radius 3 is 2.40 bits per heavy atom. The van der Waals surface area contributed by atoms with Gasteiger partial charge in [0.05, 0.1) is 10.5 Å². The molecule has 0 unspecified atom stereocenters. The second-order valence-electron chi connectivity index (χ2n) is 2.38. The van der Waals surface area contributed by atoms with Gasteiger partial charge in [0, 0.05) is 23.1 Å². The summed E-state index contributed by atoms with van der Waals surface area (Å²) < 4.78 is 29.9. The van der Waals surface area contributed by atoms with Gasteiger partial charge < -0.3 is 0 Å². The molecule has 2 radical (unpaired) electrons. The van der Waals surface area contributed by atoms with Crippen LogP contribution in [-0.4, -0.2) is 47.2 Å². The molecule has 0 aliphatic rings. The third-order valence-corrected chi connectivity index (χ3v) is 2.30. The normalized spacial score (nSPS) is 10.3. The van der Waals surface area contributed by atoms with Gasteiger partial charge in [-0.25, -0.2) is 4.79 Å². The van der Waals surface area contributed by atoms with Crippen LogP contribution < -0.4 is 0 Å². The Morgan fingerprint density at radius 1 is 1.33 bits per heavy atom. The molecule has 0 aliphatic heterocycles. The fourth-order valence-electron chi connectivity index (χ4n) is 0.836. The molecule has 78 valence electrons. The van der Waals surface area contributed by atoms with Crippen molar-refractivity contribution < 1.29 is 27.9 Å². The highest BCUT2D eigenvalue weighted by atomic mass is 32.2. The molecule has 2 N–H and O–H groups in total. The maximum atomic E-state index is 10.7. The van der Waals surface area contributed by atoms with Crippen molar-refractivity contribution in [3.8, 4) is 0 Å². The van der Waals surface area contributed by atoms with E-state index >= 15 is 0 Å². The van der Waals surface area contributed by atoms with Gasteiger partial charge in [-0.2, -0.15) is 13.7 Å². The van der Waals surface area contributed by atoms with E-state index in [0.717, 1.165) is 12.1 Å². The predicted molar refractivity (Wildman–Crippen MR) is 50.1 cm³/mol. The fraction of sp³-hybridized carbons (Fsp3) is 0. The lowest BCUT2D eigenvalue weighted by molar-refractivity contribution is -0.182. The monoisotopic (exact) mass is 242 g/mol. The third-order valence-electron chi connectivity index (χ3n) is 1.45. The lowest BCUT2D eigenvalue weighted by atomic mass is 10.2. The van der Waals surface area contributed by atoms with E-state index in [2.05, 4.69) is 4.89 Å². The molecule has 1 aromatic rings. The first-order chi connectivity index (χ1) is 6.45. The van der Waals surface area contributed by atoms with Gasteiger partial charge in [0.2, 0.25) is 0 Å². The Labute approximate surface area is 102 Å². The van der Waals surface area contributed by atoms with Gasteiger partial charge in [-0.15, -0.1) is 0 Å². The zero-order valence-electron chi connectivity index (χ0n) is 7.45. The standard InChI is InChI=1S/C7H6O6S.Mg/c8-7(13-9)5-2-1-3-6(4-5)14(10,11)12;/h1-4,9H,(H,10,11,12);. The summed E-state index contributed by atoms with van der Waals surface area (Å²) in [6.07, 6.45) is 0. The van der Waals surface area contributed by atoms with Gasteiger partial charge in [0.1, 0.15) is 0 Å². The number of carbonyl (C=O) groups excluding carboxylic acids is 1. The summed E-state index contributed by atoms with van der Waals surface area (Å²) in [5, 5.41) is 8.02. The summed E-state index contributed by atoms with van der Waals surface area (Å²) >= 11 is 0. The van der Waals surface area contributed by atoms with Crippen LogP contribution in [0.2, 0.25) is 0 Å². The van der Waals surface area contributed by atoms with E-state index < -0.39 is 21.0 Å². The molecule has 0 spiro atoms. The van der Waals surface area contributed by atoms with Crippen molar-refractivity contribution in [2.45, 2.75) is 4.90 Å². The molecule has 0 aromatic heterocycles. The molecule has 1 rings (SSSR count). The molecule has 15 heavy (non-hydrogen) atoms. The van der Waals surface area contributed by atoms with Crippen LogP contribution in [0.1, 0.15) is 10.4 Å². The molecular weight excluding hydrogens is 236 g/mol. The van der Waals surface area contributed by atoms with Gasteiger partial charge >= 0.3 is 5.97 Å². The zero-order valence-corrected chi connectivity index (χ0v) is 9.68. The van der Waals surface area contributed by atoms with Crippen LogP contribution in [0.4, 0.5) is 0 Å². The van der Waals surface area contributed by atoms with E-state index in [4.69, 9.17) is 9.81 Å². The number of hydrogen-bond acceptors (Lipinski definition) is 5. The van der Waals surface area contributed by atoms with Crippen molar-refractivity contribution in [1.82, 2.24) is 0 Å². The third kappa shape index (κ3) is 3.76. The van der Waals surface area contributed by atoms with Gasteiger partial charge in [0.15, 0.2) is 0 Å². The summed E-state index contributed by atoms with van der Waals surface area (Å²) in [5.74, 6) is -1.10. The molecule has 0 amide bonds. The maximum Gasteiger partial charge on any atom is 0.372 e. The van der Waals surface area contributed by atoms with Crippen molar-refractivity contribution in [1.29, 1.82) is 0 Å². The number of carbonyl (C=O) groups is 1. The molecular formula is C7H6MgO6S. The van der Waals surface area contributed by atoms with Crippen molar-refractivity contribution >= 4 is 39.1 Å². The lowest BCUT2D eigenvalue weighted by Crippen LogP contribution is -2.04. The van der Waals surface area contributed by atoms with E-state index in [-0.39, 0.29) is 28.6 Å². The number of hydrogen-bond donors (Lipinski definition) is 2. The Kier molecular flexibility index (Phi) is 5.18. The molecule has 8 heteroatoms. The Bertz CT molecular complexity index is 454. The first kappa shape index (κ1) is 14.3. The van der Waals surface area contributed by atoms with Crippen LogP contribution in [0.5, 0.6) is 0 Å². The second kappa shape index (κ2) is 5.42. The van der Waals surface area contributed by atoms with Gasteiger partial charge in [-0.05, 0) is 18.2 Å². The van der Waals surface area contributed by atoms with Crippen LogP contribution >= 0.6 is 0 Å². The summed E-state index contributed by atoms with van der Waals surface area (Å²) in [4.78, 5) is 13.7. The van der Waals surface area contributed by atoms with Crippen molar-refractivity contribution in [3.05, 3.63) is 29.8 Å². The van der Waals surface area contributed by atoms with Crippen molar-refractivity contribution in [2.24, 2.45) is 0 Å². The minimum atomic E-state index is -4.36. The summed E-state index contributed by atoms with van der Waals surface area (Å²) in [5.41, 5.74) is -0.178. The highest BCUT2D eigenvalue weighted by Gasteiger charge is 2.13. The van der Waals surface area contributed by atoms with Crippen molar-refractivity contribution in [3.63, 3.8) is 0 Å². The smallest absolute Gasteiger partial charge is 0.296 e. The van der Waals surface area contributed by atoms with Gasteiger partial charge in [-0.3, -0.25) is 9.44 Å². The first-order valence-electron chi connectivity index (χ1n) is 3.38. The van der Waals surface area contributed by atoms with E-state index in [1.165, 1.54) is 12.1 Å². The first-order valence-corrected chi connectivity index (χ1v) is 4.82. The molecule has 0 heterocycles. The molecule has 1 aromatic carbocycles. The molecule has 0 aliphatic carbocycles.